The van der Waals surface area contributed by atoms with Crippen LogP contribution in [0.3, 0.4) is 0 Å². The van der Waals surface area contributed by atoms with Gasteiger partial charge in [0.25, 0.3) is 10.1 Å². The Morgan fingerprint density at radius 1 is 1.03 bits per heavy atom. The molecule has 0 saturated heterocycles. The van der Waals surface area contributed by atoms with Gasteiger partial charge in [-0.3, -0.25) is 9.54 Å². The van der Waals surface area contributed by atoms with Crippen LogP contribution < -0.4 is 16.7 Å². The van der Waals surface area contributed by atoms with Crippen LogP contribution >= 0.6 is 0 Å². The normalized spacial score (nSPS) is 11.6. The standard InChI is InChI=1S/C21H15N7O9S/c22-19-24-20(26-21(34)25-19)23-12-7-9(17(30)31)5-8-6-10(18(32)33)15(16(29)14(8)12)28-27-11-3-1-2-4-13(11)38(35,36)37/h1-7,29H,(H,30,31)(H,32,33)(H,35,36,37)(H4,22,23,24,25,26,34). The van der Waals surface area contributed by atoms with Crippen LogP contribution in [-0.4, -0.2) is 55.2 Å². The van der Waals surface area contributed by atoms with E-state index in [1.165, 1.54) is 18.2 Å². The molecule has 4 rings (SSSR count). The number of hydrogen-bond acceptors (Lipinski definition) is 12. The van der Waals surface area contributed by atoms with Gasteiger partial charge in [0, 0.05) is 5.39 Å². The van der Waals surface area contributed by atoms with Gasteiger partial charge in [0.15, 0.2) is 5.75 Å². The van der Waals surface area contributed by atoms with Crippen molar-refractivity contribution in [2.75, 3.05) is 11.1 Å². The van der Waals surface area contributed by atoms with E-state index in [-0.39, 0.29) is 39.6 Å². The minimum Gasteiger partial charge on any atom is -0.505 e. The van der Waals surface area contributed by atoms with Gasteiger partial charge in [-0.2, -0.15) is 18.4 Å². The first kappa shape index (κ1) is 25.7. The summed E-state index contributed by atoms with van der Waals surface area (Å²) in [4.78, 5) is 44.1. The van der Waals surface area contributed by atoms with E-state index in [1.54, 1.807) is 0 Å². The largest absolute Gasteiger partial charge is 0.505 e. The lowest BCUT2D eigenvalue weighted by Crippen LogP contribution is -2.16. The molecule has 0 amide bonds. The molecule has 0 unspecified atom stereocenters. The summed E-state index contributed by atoms with van der Waals surface area (Å²) >= 11 is 0. The molecule has 0 aliphatic carbocycles. The molecule has 0 aliphatic heterocycles. The quantitative estimate of drug-likeness (QED) is 0.131. The van der Waals surface area contributed by atoms with Crippen LogP contribution in [-0.2, 0) is 10.1 Å². The van der Waals surface area contributed by atoms with E-state index in [0.717, 1.165) is 24.3 Å². The first-order valence-corrected chi connectivity index (χ1v) is 11.6. The van der Waals surface area contributed by atoms with E-state index in [1.807, 2.05) is 0 Å². The summed E-state index contributed by atoms with van der Waals surface area (Å²) in [6.45, 7) is 0. The molecule has 38 heavy (non-hydrogen) atoms. The minimum atomic E-state index is -4.72. The van der Waals surface area contributed by atoms with Crippen molar-refractivity contribution < 1.29 is 37.9 Å². The Labute approximate surface area is 210 Å². The molecule has 194 valence electrons. The highest BCUT2D eigenvalue weighted by Gasteiger charge is 2.23. The molecule has 3 aromatic carbocycles. The first-order chi connectivity index (χ1) is 17.8. The number of H-pyrrole nitrogens is 1. The van der Waals surface area contributed by atoms with Crippen LogP contribution in [0.1, 0.15) is 20.7 Å². The van der Waals surface area contributed by atoms with Gasteiger partial charge in [0.05, 0.1) is 16.8 Å². The predicted octanol–water partition coefficient (Wildman–Crippen LogP) is 2.41. The Balaban J connectivity index is 1.99. The van der Waals surface area contributed by atoms with Gasteiger partial charge < -0.3 is 26.4 Å². The molecular weight excluding hydrogens is 526 g/mol. The summed E-state index contributed by atoms with van der Waals surface area (Å²) in [5, 5.41) is 40.1. The lowest BCUT2D eigenvalue weighted by molar-refractivity contribution is 0.0687. The first-order valence-electron chi connectivity index (χ1n) is 10.1. The number of nitrogens with two attached hydrogens (primary N) is 1. The fourth-order valence-corrected chi connectivity index (χ4v) is 4.06. The number of carboxylic acids is 2. The van der Waals surface area contributed by atoms with Crippen LogP contribution in [0.25, 0.3) is 10.8 Å². The Kier molecular flexibility index (Phi) is 6.46. The third-order valence-electron chi connectivity index (χ3n) is 4.98. The maximum Gasteiger partial charge on any atom is 0.350 e. The Morgan fingerprint density at radius 2 is 1.74 bits per heavy atom. The monoisotopic (exact) mass is 541 g/mol. The molecule has 0 radical (unpaired) electrons. The third kappa shape index (κ3) is 5.08. The number of aromatic hydroxyl groups is 1. The van der Waals surface area contributed by atoms with Crippen LogP contribution in [0.2, 0.25) is 0 Å². The highest BCUT2D eigenvalue weighted by atomic mass is 32.2. The molecular formula is C21H15N7O9S. The predicted molar refractivity (Wildman–Crippen MR) is 130 cm³/mol. The number of azo groups is 1. The number of rotatable bonds is 7. The average molecular weight is 541 g/mol. The molecule has 0 fully saturated rings. The minimum absolute atomic E-state index is 0.0719. The molecule has 0 aliphatic rings. The van der Waals surface area contributed by atoms with Crippen molar-refractivity contribution >= 4 is 61.8 Å². The van der Waals surface area contributed by atoms with E-state index < -0.39 is 49.6 Å². The van der Waals surface area contributed by atoms with Crippen molar-refractivity contribution in [2.45, 2.75) is 4.90 Å². The Morgan fingerprint density at radius 3 is 2.37 bits per heavy atom. The topological polar surface area (TPSA) is 271 Å². The zero-order valence-corrected chi connectivity index (χ0v) is 19.5. The van der Waals surface area contributed by atoms with E-state index >= 15 is 0 Å². The summed E-state index contributed by atoms with van der Waals surface area (Å²) < 4.78 is 32.7. The van der Waals surface area contributed by atoms with Crippen LogP contribution in [0.15, 0.2) is 62.4 Å². The maximum absolute atomic E-state index is 12.0. The number of aromatic amines is 1. The zero-order valence-electron chi connectivity index (χ0n) is 18.6. The second-order valence-corrected chi connectivity index (χ2v) is 8.87. The second kappa shape index (κ2) is 9.56. The van der Waals surface area contributed by atoms with Gasteiger partial charge in [-0.1, -0.05) is 12.1 Å². The fraction of sp³-hybridized carbons (Fsp3) is 0. The molecule has 17 heteroatoms. The Hall–Kier alpha value is -5.42. The number of anilines is 3. The van der Waals surface area contributed by atoms with E-state index in [2.05, 4.69) is 30.5 Å². The summed E-state index contributed by atoms with van der Waals surface area (Å²) in [5.74, 6) is -4.48. The molecule has 4 aromatic rings. The van der Waals surface area contributed by atoms with E-state index in [0.29, 0.717) is 0 Å². The van der Waals surface area contributed by atoms with Crippen molar-refractivity contribution in [3.8, 4) is 5.75 Å². The number of nitrogens with zero attached hydrogens (tertiary/aromatic N) is 4. The van der Waals surface area contributed by atoms with Crippen molar-refractivity contribution in [3.05, 3.63) is 64.1 Å². The van der Waals surface area contributed by atoms with Crippen LogP contribution in [0.5, 0.6) is 5.75 Å². The number of phenols is 1. The van der Waals surface area contributed by atoms with E-state index in [9.17, 15) is 42.7 Å². The molecule has 1 aromatic heterocycles. The van der Waals surface area contributed by atoms with Crippen molar-refractivity contribution in [3.63, 3.8) is 0 Å². The highest BCUT2D eigenvalue weighted by molar-refractivity contribution is 7.86. The third-order valence-corrected chi connectivity index (χ3v) is 5.88. The number of nitrogens with one attached hydrogen (secondary N) is 2. The Bertz CT molecular complexity index is 1840. The van der Waals surface area contributed by atoms with Gasteiger partial charge in [0.1, 0.15) is 16.3 Å². The highest BCUT2D eigenvalue weighted by Crippen LogP contribution is 2.44. The summed E-state index contributed by atoms with van der Waals surface area (Å²) in [6.07, 6.45) is 0. The summed E-state index contributed by atoms with van der Waals surface area (Å²) in [5.41, 5.74) is 2.51. The molecule has 0 spiro atoms. The van der Waals surface area contributed by atoms with Crippen molar-refractivity contribution in [1.29, 1.82) is 0 Å². The van der Waals surface area contributed by atoms with E-state index in [4.69, 9.17) is 5.73 Å². The lowest BCUT2D eigenvalue weighted by Gasteiger charge is -2.14. The average Bonchev–Trinajstić information content (AvgIpc) is 2.81. The second-order valence-electron chi connectivity index (χ2n) is 7.48. The number of phenolic OH excluding ortho intramolecular Hbond substituents is 1. The lowest BCUT2D eigenvalue weighted by atomic mass is 9.99. The van der Waals surface area contributed by atoms with Gasteiger partial charge in [-0.05, 0) is 35.7 Å². The van der Waals surface area contributed by atoms with Gasteiger partial charge in [-0.25, -0.2) is 14.4 Å². The summed E-state index contributed by atoms with van der Waals surface area (Å²) in [6, 6.07) is 8.03. The number of carboxylic acid groups (broad SMARTS) is 2. The molecule has 0 atom stereocenters. The number of fused-ring (bicyclic) bond motifs is 1. The van der Waals surface area contributed by atoms with Crippen LogP contribution in [0.4, 0.5) is 29.0 Å². The van der Waals surface area contributed by atoms with Gasteiger partial charge >= 0.3 is 17.6 Å². The number of nitrogen functional groups attached to an aromatic ring is 1. The number of hydrogen-bond donors (Lipinski definition) is 7. The number of aromatic carboxylic acids is 2. The maximum atomic E-state index is 12.0. The van der Waals surface area contributed by atoms with Gasteiger partial charge in [-0.15, -0.1) is 10.2 Å². The van der Waals surface area contributed by atoms with Crippen molar-refractivity contribution in [2.24, 2.45) is 10.2 Å². The number of aromatic nitrogens is 3. The smallest absolute Gasteiger partial charge is 0.350 e. The molecule has 0 bridgehead atoms. The zero-order chi connectivity index (χ0) is 27.8. The molecule has 1 heterocycles. The molecule has 8 N–H and O–H groups in total. The molecule has 16 nitrogen and oxygen atoms in total. The summed E-state index contributed by atoms with van der Waals surface area (Å²) in [7, 11) is -4.72. The van der Waals surface area contributed by atoms with Gasteiger partial charge in [0.2, 0.25) is 11.9 Å². The molecule has 0 saturated carbocycles. The fourth-order valence-electron chi connectivity index (χ4n) is 3.44. The van der Waals surface area contributed by atoms with Crippen LogP contribution in [0, 0.1) is 0 Å². The van der Waals surface area contributed by atoms with Crippen molar-refractivity contribution in [1.82, 2.24) is 15.0 Å². The SMILES string of the molecule is Nc1nc(Nc2cc(C(=O)O)cc3cc(C(=O)O)c(N=Nc4ccccc4S(=O)(=O)O)c(O)c23)nc(=O)[nH]1. The number of benzene rings is 3. The number of carbonyl (C=O) groups is 2.